The number of benzene rings is 3. The lowest BCUT2D eigenvalue weighted by atomic mass is 9.51. The molecule has 6 rings (SSSR count). The van der Waals surface area contributed by atoms with Gasteiger partial charge in [0.05, 0.1) is 19.1 Å². The Kier molecular flexibility index (Phi) is 9.82. The number of halogens is 1. The molecule has 3 aliphatic rings. The highest BCUT2D eigenvalue weighted by Gasteiger charge is 2.59. The van der Waals surface area contributed by atoms with Gasteiger partial charge < -0.3 is 19.8 Å². The number of carbonyl (C=O) groups excluding carboxylic acids is 1. The summed E-state index contributed by atoms with van der Waals surface area (Å²) < 4.78 is 21.4. The highest BCUT2D eigenvalue weighted by molar-refractivity contribution is 5.85. The SMILES string of the molecule is COCCN(CCCCCCC1Cc2cc(O)ccc2C2C(F)C[C@]3(C)C(O)CCC3C12)C(=O)Cc1ccc2ccccc2c1. The number of amides is 1. The fraction of sp³-hybridized carbons (Fsp3) is 0.564. The zero-order valence-corrected chi connectivity index (χ0v) is 27.0. The van der Waals surface area contributed by atoms with Crippen LogP contribution >= 0.6 is 0 Å². The van der Waals surface area contributed by atoms with E-state index in [0.717, 1.165) is 80.0 Å². The molecule has 3 aromatic rings. The van der Waals surface area contributed by atoms with Crippen molar-refractivity contribution in [1.29, 1.82) is 0 Å². The van der Waals surface area contributed by atoms with Crippen molar-refractivity contribution in [2.45, 2.75) is 89.3 Å². The normalized spacial score (nSPS) is 28.8. The Bertz CT molecular complexity index is 1480. The number of aliphatic hydroxyl groups excluding tert-OH is 1. The molecule has 2 N–H and O–H groups in total. The van der Waals surface area contributed by atoms with Crippen LogP contribution in [0.3, 0.4) is 0 Å². The number of alkyl halides is 1. The number of fused-ring (bicyclic) bond motifs is 6. The first kappa shape index (κ1) is 32.0. The van der Waals surface area contributed by atoms with Crippen molar-refractivity contribution in [3.8, 4) is 5.75 Å². The highest BCUT2D eigenvalue weighted by Crippen LogP contribution is 2.63. The molecule has 45 heavy (non-hydrogen) atoms. The number of phenolic OH excluding ortho intramolecular Hbond substituents is 1. The van der Waals surface area contributed by atoms with E-state index in [1.165, 1.54) is 5.39 Å². The second-order valence-electron chi connectivity index (χ2n) is 14.3. The third kappa shape index (κ3) is 6.64. The number of phenols is 1. The fourth-order valence-electron chi connectivity index (χ4n) is 9.29. The quantitative estimate of drug-likeness (QED) is 0.206. The molecule has 0 aromatic heterocycles. The number of carbonyl (C=O) groups is 1. The van der Waals surface area contributed by atoms with E-state index in [1.54, 1.807) is 13.2 Å². The second-order valence-corrected chi connectivity index (χ2v) is 14.3. The van der Waals surface area contributed by atoms with E-state index in [4.69, 9.17) is 4.74 Å². The summed E-state index contributed by atoms with van der Waals surface area (Å²) in [6.45, 7) is 3.96. The maximum Gasteiger partial charge on any atom is 0.227 e. The molecule has 3 aromatic carbocycles. The lowest BCUT2D eigenvalue weighted by molar-refractivity contribution is -0.131. The van der Waals surface area contributed by atoms with Crippen molar-refractivity contribution in [2.24, 2.45) is 23.2 Å². The Balaban J connectivity index is 1.05. The van der Waals surface area contributed by atoms with Crippen LogP contribution in [0.4, 0.5) is 4.39 Å². The zero-order chi connectivity index (χ0) is 31.6. The number of aliphatic hydroxyl groups is 1. The van der Waals surface area contributed by atoms with Gasteiger partial charge in [0.2, 0.25) is 5.91 Å². The first-order valence-corrected chi connectivity index (χ1v) is 17.2. The molecule has 242 valence electrons. The van der Waals surface area contributed by atoms with E-state index in [0.29, 0.717) is 37.8 Å². The summed E-state index contributed by atoms with van der Waals surface area (Å²) in [5.41, 5.74) is 2.86. The smallest absolute Gasteiger partial charge is 0.227 e. The average Bonchev–Trinajstić information content (AvgIpc) is 3.32. The Morgan fingerprint density at radius 1 is 1.00 bits per heavy atom. The molecule has 0 aliphatic heterocycles. The summed E-state index contributed by atoms with van der Waals surface area (Å²) in [4.78, 5) is 15.3. The van der Waals surface area contributed by atoms with Crippen LogP contribution in [0, 0.1) is 23.2 Å². The maximum atomic E-state index is 16.0. The zero-order valence-electron chi connectivity index (χ0n) is 27.0. The summed E-state index contributed by atoms with van der Waals surface area (Å²) in [5, 5.41) is 23.5. The largest absolute Gasteiger partial charge is 0.508 e. The number of hydrogen-bond acceptors (Lipinski definition) is 4. The summed E-state index contributed by atoms with van der Waals surface area (Å²) in [5.74, 6) is 1.15. The van der Waals surface area contributed by atoms with Gasteiger partial charge in [0, 0.05) is 26.1 Å². The van der Waals surface area contributed by atoms with Gasteiger partial charge >= 0.3 is 0 Å². The van der Waals surface area contributed by atoms with Crippen molar-refractivity contribution in [3.63, 3.8) is 0 Å². The van der Waals surface area contributed by atoms with Gasteiger partial charge in [-0.05, 0) is 101 Å². The minimum Gasteiger partial charge on any atom is -0.508 e. The molecule has 5 nitrogen and oxygen atoms in total. The number of hydrogen-bond donors (Lipinski definition) is 2. The molecule has 0 heterocycles. The lowest BCUT2D eigenvalue weighted by Crippen LogP contribution is -2.51. The molecule has 0 radical (unpaired) electrons. The predicted molar refractivity (Wildman–Crippen MR) is 177 cm³/mol. The third-order valence-corrected chi connectivity index (χ3v) is 11.6. The van der Waals surface area contributed by atoms with E-state index >= 15 is 4.39 Å². The number of aromatic hydroxyl groups is 1. The number of ether oxygens (including phenoxy) is 1. The predicted octanol–water partition coefficient (Wildman–Crippen LogP) is 7.60. The van der Waals surface area contributed by atoms with Gasteiger partial charge in [-0.3, -0.25) is 4.79 Å². The number of unbranched alkanes of at least 4 members (excludes halogenated alkanes) is 3. The van der Waals surface area contributed by atoms with Crippen LogP contribution in [-0.2, 0) is 22.4 Å². The van der Waals surface area contributed by atoms with Gasteiger partial charge in [0.15, 0.2) is 0 Å². The van der Waals surface area contributed by atoms with Crippen LogP contribution in [0.2, 0.25) is 0 Å². The van der Waals surface area contributed by atoms with Crippen LogP contribution in [0.1, 0.15) is 80.9 Å². The number of nitrogens with zero attached hydrogens (tertiary/aromatic N) is 1. The molecule has 2 fully saturated rings. The van der Waals surface area contributed by atoms with Gasteiger partial charge in [-0.25, -0.2) is 4.39 Å². The molecule has 1 amide bonds. The molecular weight excluding hydrogens is 565 g/mol. The highest BCUT2D eigenvalue weighted by atomic mass is 19.1. The Hall–Kier alpha value is -2.96. The molecule has 0 saturated heterocycles. The minimum atomic E-state index is -0.972. The van der Waals surface area contributed by atoms with Gasteiger partial charge in [-0.1, -0.05) is 74.7 Å². The third-order valence-electron chi connectivity index (χ3n) is 11.6. The van der Waals surface area contributed by atoms with Crippen molar-refractivity contribution in [2.75, 3.05) is 26.8 Å². The van der Waals surface area contributed by atoms with Crippen molar-refractivity contribution in [1.82, 2.24) is 4.90 Å². The van der Waals surface area contributed by atoms with E-state index in [2.05, 4.69) is 37.3 Å². The van der Waals surface area contributed by atoms with Crippen molar-refractivity contribution >= 4 is 16.7 Å². The van der Waals surface area contributed by atoms with Gasteiger partial charge in [-0.2, -0.15) is 0 Å². The topological polar surface area (TPSA) is 70.0 Å². The van der Waals surface area contributed by atoms with E-state index in [1.807, 2.05) is 29.2 Å². The average molecular weight is 616 g/mol. The maximum absolute atomic E-state index is 16.0. The minimum absolute atomic E-state index is 0.136. The molecule has 6 heteroatoms. The lowest BCUT2D eigenvalue weighted by Gasteiger charge is -2.54. The van der Waals surface area contributed by atoms with Crippen LogP contribution in [-0.4, -0.2) is 60.1 Å². The fourth-order valence-corrected chi connectivity index (χ4v) is 9.29. The van der Waals surface area contributed by atoms with Crippen LogP contribution in [0.25, 0.3) is 10.8 Å². The summed E-state index contributed by atoms with van der Waals surface area (Å²) in [7, 11) is 1.67. The van der Waals surface area contributed by atoms with E-state index < -0.39 is 12.3 Å². The summed E-state index contributed by atoms with van der Waals surface area (Å²) in [6.07, 6.45) is 7.17. The van der Waals surface area contributed by atoms with Crippen molar-refractivity contribution < 1.29 is 24.1 Å². The van der Waals surface area contributed by atoms with E-state index in [9.17, 15) is 15.0 Å². The molecule has 7 atom stereocenters. The van der Waals surface area contributed by atoms with Crippen LogP contribution in [0.15, 0.2) is 60.7 Å². The number of methoxy groups -OCH3 is 1. The molecule has 6 unspecified atom stereocenters. The standard InChI is InChI=1S/C39H50FNO4/c1-39-25-34(40)38-32-15-14-31(42)24-30(32)23-29(37(38)33(39)16-17-35(39)43)11-5-3-4-8-18-41(19-20-45-2)36(44)22-26-12-13-27-9-6-7-10-28(27)21-26/h6-7,9-10,12-15,21,24,29,33-35,37-38,42-43H,3-5,8,11,16-20,22-23,25H2,1-2H3/t29?,33?,34?,35?,37?,38?,39-/m0/s1. The first-order valence-electron chi connectivity index (χ1n) is 17.2. The summed E-state index contributed by atoms with van der Waals surface area (Å²) >= 11 is 0. The monoisotopic (exact) mass is 615 g/mol. The van der Waals surface area contributed by atoms with Crippen LogP contribution < -0.4 is 0 Å². The Labute approximate surface area is 267 Å². The summed E-state index contributed by atoms with van der Waals surface area (Å²) in [6, 6.07) is 20.0. The van der Waals surface area contributed by atoms with Crippen LogP contribution in [0.5, 0.6) is 5.75 Å². The first-order chi connectivity index (χ1) is 21.8. The van der Waals surface area contributed by atoms with Crippen molar-refractivity contribution in [3.05, 3.63) is 77.4 Å². The van der Waals surface area contributed by atoms with Gasteiger partial charge in [0.1, 0.15) is 11.9 Å². The molecular formula is C39H50FNO4. The molecule has 0 bridgehead atoms. The van der Waals surface area contributed by atoms with Gasteiger partial charge in [0.25, 0.3) is 0 Å². The molecule has 0 spiro atoms. The number of rotatable bonds is 12. The second kappa shape index (κ2) is 13.8. The molecule has 2 saturated carbocycles. The Morgan fingerprint density at radius 3 is 2.62 bits per heavy atom. The Morgan fingerprint density at radius 2 is 1.80 bits per heavy atom. The molecule has 3 aliphatic carbocycles. The van der Waals surface area contributed by atoms with Gasteiger partial charge in [-0.15, -0.1) is 0 Å². The van der Waals surface area contributed by atoms with E-state index in [-0.39, 0.29) is 28.9 Å².